The molecule has 0 aliphatic rings. The third-order valence-corrected chi connectivity index (χ3v) is 2.86. The highest BCUT2D eigenvalue weighted by molar-refractivity contribution is 5.84. The highest BCUT2D eigenvalue weighted by Crippen LogP contribution is 2.24. The first-order valence-electron chi connectivity index (χ1n) is 5.63. The lowest BCUT2D eigenvalue weighted by Gasteiger charge is -2.17. The molecular weight excluding hydrogens is 216 g/mol. The summed E-state index contributed by atoms with van der Waals surface area (Å²) in [6, 6.07) is 9.81. The fourth-order valence-corrected chi connectivity index (χ4v) is 1.89. The van der Waals surface area contributed by atoms with Crippen LogP contribution in [0.3, 0.4) is 0 Å². The van der Waals surface area contributed by atoms with E-state index in [9.17, 15) is 9.59 Å². The summed E-state index contributed by atoms with van der Waals surface area (Å²) in [5, 5.41) is 0. The Morgan fingerprint density at radius 1 is 1.18 bits per heavy atom. The van der Waals surface area contributed by atoms with Crippen LogP contribution in [-0.4, -0.2) is 11.8 Å². The van der Waals surface area contributed by atoms with Crippen molar-refractivity contribution in [1.82, 2.24) is 0 Å². The Morgan fingerprint density at radius 2 is 1.76 bits per heavy atom. The quantitative estimate of drug-likeness (QED) is 0.773. The van der Waals surface area contributed by atoms with E-state index in [4.69, 9.17) is 11.5 Å². The minimum Gasteiger partial charge on any atom is -0.370 e. The van der Waals surface area contributed by atoms with Gasteiger partial charge in [-0.15, -0.1) is 0 Å². The van der Waals surface area contributed by atoms with Gasteiger partial charge in [-0.3, -0.25) is 9.59 Å². The van der Waals surface area contributed by atoms with E-state index in [0.29, 0.717) is 6.42 Å². The largest absolute Gasteiger partial charge is 0.370 e. The van der Waals surface area contributed by atoms with Crippen LogP contribution in [-0.2, 0) is 9.59 Å². The second-order valence-corrected chi connectivity index (χ2v) is 4.32. The van der Waals surface area contributed by atoms with Gasteiger partial charge in [0.05, 0.1) is 0 Å². The minimum atomic E-state index is -0.492. The van der Waals surface area contributed by atoms with Gasteiger partial charge in [0.25, 0.3) is 0 Å². The van der Waals surface area contributed by atoms with Gasteiger partial charge in [-0.05, 0) is 17.9 Å². The molecule has 0 aromatic heterocycles. The van der Waals surface area contributed by atoms with Gasteiger partial charge in [0.2, 0.25) is 11.8 Å². The molecule has 17 heavy (non-hydrogen) atoms. The number of nitrogens with two attached hydrogens (primary N) is 2. The highest BCUT2D eigenvalue weighted by Gasteiger charge is 2.21. The molecule has 4 N–H and O–H groups in total. The number of primary amides is 2. The van der Waals surface area contributed by atoms with Crippen LogP contribution in [0.2, 0.25) is 0 Å². The number of hydrogen-bond donors (Lipinski definition) is 2. The van der Waals surface area contributed by atoms with Gasteiger partial charge in [-0.1, -0.05) is 37.3 Å². The Hall–Kier alpha value is -1.84. The van der Waals surface area contributed by atoms with Gasteiger partial charge in [-0.2, -0.15) is 0 Å². The Morgan fingerprint density at radius 3 is 2.24 bits per heavy atom. The van der Waals surface area contributed by atoms with Crippen LogP contribution in [0.25, 0.3) is 0 Å². The zero-order valence-electron chi connectivity index (χ0n) is 9.93. The summed E-state index contributed by atoms with van der Waals surface area (Å²) in [7, 11) is 0. The van der Waals surface area contributed by atoms with E-state index in [0.717, 1.165) is 5.56 Å². The predicted octanol–water partition coefficient (Wildman–Crippen LogP) is 1.16. The third kappa shape index (κ3) is 4.26. The van der Waals surface area contributed by atoms with E-state index in [1.807, 2.05) is 37.3 Å². The Balaban J connectivity index is 2.67. The van der Waals surface area contributed by atoms with E-state index in [-0.39, 0.29) is 12.3 Å². The maximum atomic E-state index is 11.2. The predicted molar refractivity (Wildman–Crippen MR) is 66.0 cm³/mol. The van der Waals surface area contributed by atoms with Crippen molar-refractivity contribution in [3.05, 3.63) is 35.9 Å². The van der Waals surface area contributed by atoms with E-state index >= 15 is 0 Å². The fraction of sp³-hybridized carbons (Fsp3) is 0.385. The first-order valence-corrected chi connectivity index (χ1v) is 5.63. The lowest BCUT2D eigenvalue weighted by Crippen LogP contribution is -2.29. The van der Waals surface area contributed by atoms with Crippen molar-refractivity contribution in [3.8, 4) is 0 Å². The van der Waals surface area contributed by atoms with Crippen LogP contribution in [0.4, 0.5) is 0 Å². The fourth-order valence-electron chi connectivity index (χ4n) is 1.89. The first kappa shape index (κ1) is 13.2. The van der Waals surface area contributed by atoms with Crippen LogP contribution < -0.4 is 11.5 Å². The van der Waals surface area contributed by atoms with Crippen LogP contribution in [0.15, 0.2) is 30.3 Å². The summed E-state index contributed by atoms with van der Waals surface area (Å²) in [4.78, 5) is 22.1. The summed E-state index contributed by atoms with van der Waals surface area (Å²) >= 11 is 0. The molecule has 0 radical (unpaired) electrons. The Bertz CT molecular complexity index is 390. The van der Waals surface area contributed by atoms with Crippen LogP contribution >= 0.6 is 0 Å². The van der Waals surface area contributed by atoms with E-state index in [1.54, 1.807) is 0 Å². The van der Waals surface area contributed by atoms with Gasteiger partial charge in [0.15, 0.2) is 0 Å². The second kappa shape index (κ2) is 6.03. The zero-order valence-corrected chi connectivity index (χ0v) is 9.93. The van der Waals surface area contributed by atoms with Gasteiger partial charge < -0.3 is 11.5 Å². The third-order valence-electron chi connectivity index (χ3n) is 2.86. The normalized spacial score (nSPS) is 13.9. The van der Waals surface area contributed by atoms with Crippen molar-refractivity contribution >= 4 is 11.8 Å². The summed E-state index contributed by atoms with van der Waals surface area (Å²) in [6.45, 7) is 2.01. The summed E-state index contributed by atoms with van der Waals surface area (Å²) in [5.41, 5.74) is 11.5. The molecule has 1 aromatic carbocycles. The van der Waals surface area contributed by atoms with Crippen LogP contribution in [0, 0.1) is 5.92 Å². The van der Waals surface area contributed by atoms with E-state index in [1.165, 1.54) is 0 Å². The molecule has 0 saturated heterocycles. The molecule has 1 rings (SSSR count). The molecule has 0 aliphatic heterocycles. The number of amides is 2. The maximum Gasteiger partial charge on any atom is 0.221 e. The zero-order chi connectivity index (χ0) is 12.8. The summed E-state index contributed by atoms with van der Waals surface area (Å²) < 4.78 is 0. The number of benzene rings is 1. The van der Waals surface area contributed by atoms with Crippen molar-refractivity contribution in [2.75, 3.05) is 0 Å². The Labute approximate surface area is 101 Å². The van der Waals surface area contributed by atoms with Gasteiger partial charge >= 0.3 is 0 Å². The van der Waals surface area contributed by atoms with Crippen molar-refractivity contribution in [2.24, 2.45) is 17.4 Å². The summed E-state index contributed by atoms with van der Waals surface area (Å²) in [6.07, 6.45) is 0.564. The number of hydrogen-bond acceptors (Lipinski definition) is 2. The lowest BCUT2D eigenvalue weighted by atomic mass is 9.88. The molecule has 92 valence electrons. The molecule has 0 fully saturated rings. The maximum absolute atomic E-state index is 11.2. The van der Waals surface area contributed by atoms with E-state index < -0.39 is 17.7 Å². The number of carbonyl (C=O) groups excluding carboxylic acids is 2. The van der Waals surface area contributed by atoms with Crippen molar-refractivity contribution in [2.45, 2.75) is 25.7 Å². The van der Waals surface area contributed by atoms with Gasteiger partial charge in [0.1, 0.15) is 0 Å². The van der Waals surface area contributed by atoms with Crippen molar-refractivity contribution < 1.29 is 9.59 Å². The average Bonchev–Trinajstić information content (AvgIpc) is 2.28. The van der Waals surface area contributed by atoms with Crippen LogP contribution in [0.1, 0.15) is 31.2 Å². The highest BCUT2D eigenvalue weighted by atomic mass is 16.2. The SMILES string of the molecule is CC(C[C@H](CC(N)=O)C(N)=O)c1ccccc1. The molecule has 4 nitrogen and oxygen atoms in total. The molecule has 2 atom stereocenters. The number of carbonyl (C=O) groups is 2. The van der Waals surface area contributed by atoms with Gasteiger partial charge in [-0.25, -0.2) is 0 Å². The summed E-state index contributed by atoms with van der Waals surface area (Å²) in [5.74, 6) is -1.27. The molecule has 0 aliphatic carbocycles. The molecule has 1 aromatic rings. The Kier molecular flexibility index (Phi) is 4.69. The van der Waals surface area contributed by atoms with Gasteiger partial charge in [0, 0.05) is 12.3 Å². The lowest BCUT2D eigenvalue weighted by molar-refractivity contribution is -0.127. The smallest absolute Gasteiger partial charge is 0.221 e. The monoisotopic (exact) mass is 234 g/mol. The molecule has 0 spiro atoms. The van der Waals surface area contributed by atoms with Crippen LogP contribution in [0.5, 0.6) is 0 Å². The molecule has 2 amide bonds. The topological polar surface area (TPSA) is 86.2 Å². The molecule has 0 bridgehead atoms. The molecule has 0 heterocycles. The molecule has 0 saturated carbocycles. The molecular formula is C13H18N2O2. The van der Waals surface area contributed by atoms with Crippen molar-refractivity contribution in [3.63, 3.8) is 0 Å². The second-order valence-electron chi connectivity index (χ2n) is 4.32. The molecule has 1 unspecified atom stereocenters. The average molecular weight is 234 g/mol. The number of rotatable bonds is 6. The minimum absolute atomic E-state index is 0.0203. The van der Waals surface area contributed by atoms with Crippen molar-refractivity contribution in [1.29, 1.82) is 0 Å². The first-order chi connectivity index (χ1) is 8.00. The standard InChI is InChI=1S/C13H18N2O2/c1-9(10-5-3-2-4-6-10)7-11(13(15)17)8-12(14)16/h2-6,9,11H,7-8H2,1H3,(H2,14,16)(H2,15,17)/t9?,11-/m1/s1. The van der Waals surface area contributed by atoms with E-state index in [2.05, 4.69) is 0 Å². The molecule has 4 heteroatoms.